The topological polar surface area (TPSA) is 60.8 Å². The smallest absolute Gasteiger partial charge is 0.304 e. The van der Waals surface area contributed by atoms with Gasteiger partial charge in [0.25, 0.3) is 0 Å². The van der Waals surface area contributed by atoms with Gasteiger partial charge >= 0.3 is 5.97 Å². The predicted molar refractivity (Wildman–Crippen MR) is 70.6 cm³/mol. The first-order chi connectivity index (χ1) is 8.41. The van der Waals surface area contributed by atoms with Crippen molar-refractivity contribution in [2.45, 2.75) is 39.3 Å². The lowest BCUT2D eigenvalue weighted by molar-refractivity contribution is -0.137. The molecule has 1 rings (SSSR count). The number of hydrogen-bond acceptors (Lipinski definition) is 3. The predicted octanol–water partition coefficient (Wildman–Crippen LogP) is 2.64. The first-order valence-corrected chi connectivity index (χ1v) is 6.18. The van der Waals surface area contributed by atoms with Gasteiger partial charge in [0, 0.05) is 18.6 Å². The van der Waals surface area contributed by atoms with Crippen molar-refractivity contribution < 1.29 is 15.0 Å². The lowest BCUT2D eigenvalue weighted by Crippen LogP contribution is -2.35. The molecule has 100 valence electrons. The molecule has 0 amide bonds. The number of nitrogens with zero attached hydrogens (tertiary/aromatic N) is 1. The van der Waals surface area contributed by atoms with Crippen molar-refractivity contribution in [2.24, 2.45) is 0 Å². The number of carboxylic acid groups (broad SMARTS) is 1. The van der Waals surface area contributed by atoms with Crippen LogP contribution >= 0.6 is 0 Å². The molecule has 4 heteroatoms. The number of aliphatic carboxylic acids is 1. The molecule has 0 aliphatic heterocycles. The van der Waals surface area contributed by atoms with E-state index < -0.39 is 5.97 Å². The average Bonchev–Trinajstić information content (AvgIpc) is 2.29. The molecule has 4 nitrogen and oxygen atoms in total. The summed E-state index contributed by atoms with van der Waals surface area (Å²) in [4.78, 5) is 12.8. The number of aromatic hydroxyl groups is 1. The Balaban J connectivity index is 2.78. The van der Waals surface area contributed by atoms with Crippen LogP contribution < -0.4 is 0 Å². The zero-order chi connectivity index (χ0) is 13.7. The molecule has 0 heterocycles. The van der Waals surface area contributed by atoms with Gasteiger partial charge in [-0.05, 0) is 38.5 Å². The molecule has 18 heavy (non-hydrogen) atoms. The van der Waals surface area contributed by atoms with E-state index in [1.54, 1.807) is 12.1 Å². The van der Waals surface area contributed by atoms with Crippen LogP contribution in [0.4, 0.5) is 0 Å². The average molecular weight is 251 g/mol. The zero-order valence-corrected chi connectivity index (χ0v) is 11.1. The van der Waals surface area contributed by atoms with Crippen molar-refractivity contribution >= 4 is 5.97 Å². The molecular weight excluding hydrogens is 230 g/mol. The Labute approximate surface area is 108 Å². The molecule has 1 aromatic rings. The van der Waals surface area contributed by atoms with Crippen LogP contribution in [0.5, 0.6) is 5.75 Å². The molecule has 0 bridgehead atoms. The Bertz CT molecular complexity index is 387. The number of carboxylic acids is 1. The van der Waals surface area contributed by atoms with Crippen molar-refractivity contribution in [1.82, 2.24) is 4.90 Å². The summed E-state index contributed by atoms with van der Waals surface area (Å²) in [5.74, 6) is -0.536. The third-order valence-electron chi connectivity index (χ3n) is 3.12. The first kappa shape index (κ1) is 14.5. The molecule has 1 aromatic carbocycles. The highest BCUT2D eigenvalue weighted by atomic mass is 16.4. The highest BCUT2D eigenvalue weighted by Gasteiger charge is 2.19. The van der Waals surface area contributed by atoms with E-state index in [9.17, 15) is 9.90 Å². The summed E-state index contributed by atoms with van der Waals surface area (Å²) < 4.78 is 0. The van der Waals surface area contributed by atoms with E-state index in [0.29, 0.717) is 6.54 Å². The largest absolute Gasteiger partial charge is 0.508 e. The second-order valence-corrected chi connectivity index (χ2v) is 4.74. The lowest BCUT2D eigenvalue weighted by atomic mass is 10.0. The van der Waals surface area contributed by atoms with E-state index in [-0.39, 0.29) is 24.3 Å². The van der Waals surface area contributed by atoms with E-state index in [2.05, 4.69) is 18.7 Å². The Kier molecular flexibility index (Phi) is 5.16. The van der Waals surface area contributed by atoms with Crippen molar-refractivity contribution in [1.29, 1.82) is 0 Å². The second kappa shape index (κ2) is 6.40. The van der Waals surface area contributed by atoms with Gasteiger partial charge in [-0.2, -0.15) is 0 Å². The van der Waals surface area contributed by atoms with Gasteiger partial charge in [0.1, 0.15) is 5.75 Å². The summed E-state index contributed by atoms with van der Waals surface area (Å²) in [6.07, 6.45) is 0.139. The molecule has 1 atom stereocenters. The molecule has 0 aromatic heterocycles. The molecule has 0 fully saturated rings. The minimum Gasteiger partial charge on any atom is -0.508 e. The number of rotatable bonds is 6. The number of phenols is 1. The molecule has 0 saturated carbocycles. The highest BCUT2D eigenvalue weighted by Crippen LogP contribution is 2.24. The summed E-state index contributed by atoms with van der Waals surface area (Å²) in [7, 11) is 0. The maximum Gasteiger partial charge on any atom is 0.304 e. The summed E-state index contributed by atoms with van der Waals surface area (Å²) >= 11 is 0. The van der Waals surface area contributed by atoms with E-state index in [1.807, 2.05) is 19.1 Å². The molecule has 0 saturated heterocycles. The van der Waals surface area contributed by atoms with E-state index in [1.165, 1.54) is 0 Å². The SMILES string of the molecule is CC(C)N(CCC(=O)O)C(C)c1ccc(O)cc1. The minimum atomic E-state index is -0.779. The Morgan fingerprint density at radius 3 is 2.22 bits per heavy atom. The minimum absolute atomic E-state index is 0.130. The van der Waals surface area contributed by atoms with E-state index in [0.717, 1.165) is 5.56 Å². The maximum absolute atomic E-state index is 10.7. The van der Waals surface area contributed by atoms with Gasteiger partial charge < -0.3 is 10.2 Å². The number of phenolic OH excluding ortho intramolecular Hbond substituents is 1. The van der Waals surface area contributed by atoms with Crippen molar-refractivity contribution in [3.63, 3.8) is 0 Å². The van der Waals surface area contributed by atoms with Gasteiger partial charge in [-0.1, -0.05) is 12.1 Å². The van der Waals surface area contributed by atoms with Gasteiger partial charge in [0.05, 0.1) is 6.42 Å². The van der Waals surface area contributed by atoms with Crippen LogP contribution in [-0.2, 0) is 4.79 Å². The fourth-order valence-corrected chi connectivity index (χ4v) is 2.07. The Morgan fingerprint density at radius 1 is 1.22 bits per heavy atom. The van der Waals surface area contributed by atoms with Crippen LogP contribution in [0.3, 0.4) is 0 Å². The number of carbonyl (C=O) groups is 1. The zero-order valence-electron chi connectivity index (χ0n) is 11.1. The normalized spacial score (nSPS) is 12.9. The fraction of sp³-hybridized carbons (Fsp3) is 0.500. The van der Waals surface area contributed by atoms with Crippen LogP contribution in [0.25, 0.3) is 0 Å². The summed E-state index contributed by atoms with van der Waals surface area (Å²) in [6, 6.07) is 7.45. The van der Waals surface area contributed by atoms with Crippen molar-refractivity contribution in [3.05, 3.63) is 29.8 Å². The van der Waals surface area contributed by atoms with E-state index >= 15 is 0 Å². The van der Waals surface area contributed by atoms with Gasteiger partial charge in [-0.15, -0.1) is 0 Å². The van der Waals surface area contributed by atoms with E-state index in [4.69, 9.17) is 5.11 Å². The van der Waals surface area contributed by atoms with Crippen LogP contribution in [0, 0.1) is 0 Å². The summed E-state index contributed by atoms with van der Waals surface area (Å²) in [5.41, 5.74) is 1.08. The van der Waals surface area contributed by atoms with Crippen LogP contribution in [-0.4, -0.2) is 33.7 Å². The molecule has 0 aliphatic rings. The van der Waals surface area contributed by atoms with Crippen LogP contribution in [0.1, 0.15) is 38.8 Å². The summed E-state index contributed by atoms with van der Waals surface area (Å²) in [5, 5.41) is 18.0. The van der Waals surface area contributed by atoms with Crippen LogP contribution in [0.15, 0.2) is 24.3 Å². The van der Waals surface area contributed by atoms with Gasteiger partial charge in [-0.3, -0.25) is 9.69 Å². The van der Waals surface area contributed by atoms with Gasteiger partial charge in [0.2, 0.25) is 0 Å². The standard InChI is InChI=1S/C14H21NO3/c1-10(2)15(9-8-14(17)18)11(3)12-4-6-13(16)7-5-12/h4-7,10-11,16H,8-9H2,1-3H3,(H,17,18). The third kappa shape index (κ3) is 4.04. The maximum atomic E-state index is 10.7. The molecule has 1 unspecified atom stereocenters. The number of hydrogen-bond donors (Lipinski definition) is 2. The summed E-state index contributed by atoms with van der Waals surface area (Å²) in [6.45, 7) is 6.68. The lowest BCUT2D eigenvalue weighted by Gasteiger charge is -2.32. The highest BCUT2D eigenvalue weighted by molar-refractivity contribution is 5.66. The van der Waals surface area contributed by atoms with Gasteiger partial charge in [0.15, 0.2) is 0 Å². The van der Waals surface area contributed by atoms with Gasteiger partial charge in [-0.25, -0.2) is 0 Å². The fourth-order valence-electron chi connectivity index (χ4n) is 2.07. The molecule has 0 aliphatic carbocycles. The third-order valence-corrected chi connectivity index (χ3v) is 3.12. The molecule has 0 radical (unpaired) electrons. The van der Waals surface area contributed by atoms with Crippen LogP contribution in [0.2, 0.25) is 0 Å². The monoisotopic (exact) mass is 251 g/mol. The second-order valence-electron chi connectivity index (χ2n) is 4.74. The molecule has 0 spiro atoms. The molecule has 2 N–H and O–H groups in total. The Hall–Kier alpha value is -1.55. The first-order valence-electron chi connectivity index (χ1n) is 6.18. The van der Waals surface area contributed by atoms with Crippen molar-refractivity contribution in [3.8, 4) is 5.75 Å². The Morgan fingerprint density at radius 2 is 1.78 bits per heavy atom. The number of benzene rings is 1. The van der Waals surface area contributed by atoms with Crippen molar-refractivity contribution in [2.75, 3.05) is 6.54 Å². The molecular formula is C14H21NO3. The quantitative estimate of drug-likeness (QED) is 0.816.